The van der Waals surface area contributed by atoms with Crippen molar-refractivity contribution in [2.75, 3.05) is 36.7 Å². The van der Waals surface area contributed by atoms with Crippen LogP contribution in [-0.2, 0) is 6.54 Å². The molecule has 0 radical (unpaired) electrons. The SMILES string of the molecule is COc1ccc(CNc2nccc(C(=O)Nc3ccc(N(C)C)cc3)n2)cc1. The molecule has 3 rings (SSSR count). The lowest BCUT2D eigenvalue weighted by molar-refractivity contribution is 0.102. The Morgan fingerprint density at radius 2 is 1.75 bits per heavy atom. The van der Waals surface area contributed by atoms with Gasteiger partial charge in [-0.15, -0.1) is 0 Å². The second-order valence-corrected chi connectivity index (χ2v) is 6.36. The number of hydrogen-bond acceptors (Lipinski definition) is 6. The van der Waals surface area contributed by atoms with Crippen LogP contribution in [0.1, 0.15) is 16.1 Å². The summed E-state index contributed by atoms with van der Waals surface area (Å²) in [6.45, 7) is 0.543. The number of methoxy groups -OCH3 is 1. The largest absolute Gasteiger partial charge is 0.497 e. The lowest BCUT2D eigenvalue weighted by Gasteiger charge is -2.13. The number of anilines is 3. The lowest BCUT2D eigenvalue weighted by Crippen LogP contribution is -2.15. The quantitative estimate of drug-likeness (QED) is 0.657. The molecule has 0 bridgehead atoms. The van der Waals surface area contributed by atoms with E-state index in [1.807, 2.05) is 67.5 Å². The third kappa shape index (κ3) is 4.97. The first-order valence-corrected chi connectivity index (χ1v) is 8.84. The molecule has 0 saturated carbocycles. The highest BCUT2D eigenvalue weighted by Crippen LogP contribution is 2.16. The van der Waals surface area contributed by atoms with E-state index in [9.17, 15) is 4.79 Å². The molecule has 0 unspecified atom stereocenters. The maximum atomic E-state index is 12.5. The van der Waals surface area contributed by atoms with Crippen LogP contribution in [0.3, 0.4) is 0 Å². The van der Waals surface area contributed by atoms with Crippen molar-refractivity contribution < 1.29 is 9.53 Å². The summed E-state index contributed by atoms with van der Waals surface area (Å²) in [6.07, 6.45) is 1.56. The Labute approximate surface area is 164 Å². The first-order chi connectivity index (χ1) is 13.5. The normalized spacial score (nSPS) is 10.2. The third-order valence-electron chi connectivity index (χ3n) is 4.14. The van der Waals surface area contributed by atoms with Gasteiger partial charge in [0.2, 0.25) is 5.95 Å². The predicted octanol–water partition coefficient (Wildman–Crippen LogP) is 3.42. The van der Waals surface area contributed by atoms with Crippen LogP contribution in [0.5, 0.6) is 5.75 Å². The monoisotopic (exact) mass is 377 g/mol. The fourth-order valence-corrected chi connectivity index (χ4v) is 2.53. The van der Waals surface area contributed by atoms with E-state index in [-0.39, 0.29) is 5.91 Å². The number of aromatic nitrogens is 2. The van der Waals surface area contributed by atoms with E-state index >= 15 is 0 Å². The highest BCUT2D eigenvalue weighted by atomic mass is 16.5. The Hall–Kier alpha value is -3.61. The number of hydrogen-bond donors (Lipinski definition) is 2. The fraction of sp³-hybridized carbons (Fsp3) is 0.190. The number of carbonyl (C=O) groups is 1. The van der Waals surface area contributed by atoms with Gasteiger partial charge in [-0.25, -0.2) is 9.97 Å². The first kappa shape index (κ1) is 19.2. The molecule has 0 aliphatic carbocycles. The highest BCUT2D eigenvalue weighted by molar-refractivity contribution is 6.03. The molecule has 7 heteroatoms. The average Bonchev–Trinajstić information content (AvgIpc) is 2.73. The second kappa shape index (κ2) is 8.85. The maximum absolute atomic E-state index is 12.5. The average molecular weight is 377 g/mol. The van der Waals surface area contributed by atoms with Crippen molar-refractivity contribution in [3.8, 4) is 5.75 Å². The molecule has 1 heterocycles. The maximum Gasteiger partial charge on any atom is 0.274 e. The summed E-state index contributed by atoms with van der Waals surface area (Å²) < 4.78 is 5.15. The van der Waals surface area contributed by atoms with Gasteiger partial charge < -0.3 is 20.3 Å². The zero-order valence-electron chi connectivity index (χ0n) is 16.1. The van der Waals surface area contributed by atoms with Gasteiger partial charge in [-0.3, -0.25) is 4.79 Å². The summed E-state index contributed by atoms with van der Waals surface area (Å²) >= 11 is 0. The first-order valence-electron chi connectivity index (χ1n) is 8.84. The zero-order chi connectivity index (χ0) is 19.9. The fourth-order valence-electron chi connectivity index (χ4n) is 2.53. The summed E-state index contributed by atoms with van der Waals surface area (Å²) in [6, 6.07) is 16.9. The summed E-state index contributed by atoms with van der Waals surface area (Å²) in [7, 11) is 5.57. The number of ether oxygens (including phenoxy) is 1. The molecule has 0 aliphatic rings. The van der Waals surface area contributed by atoms with Crippen molar-refractivity contribution in [2.45, 2.75) is 6.54 Å². The molecular formula is C21H23N5O2. The number of rotatable bonds is 7. The van der Waals surface area contributed by atoms with Crippen LogP contribution < -0.4 is 20.3 Å². The zero-order valence-corrected chi connectivity index (χ0v) is 16.1. The van der Waals surface area contributed by atoms with Crippen LogP contribution in [0.4, 0.5) is 17.3 Å². The number of nitrogens with one attached hydrogen (secondary N) is 2. The van der Waals surface area contributed by atoms with Gasteiger partial charge in [0.15, 0.2) is 0 Å². The van der Waals surface area contributed by atoms with Gasteiger partial charge in [-0.2, -0.15) is 0 Å². The molecule has 1 amide bonds. The Kier molecular flexibility index (Phi) is 6.06. The smallest absolute Gasteiger partial charge is 0.274 e. The second-order valence-electron chi connectivity index (χ2n) is 6.36. The van der Waals surface area contributed by atoms with Crippen LogP contribution in [0, 0.1) is 0 Å². The van der Waals surface area contributed by atoms with Crippen LogP contribution in [0.2, 0.25) is 0 Å². The van der Waals surface area contributed by atoms with Gasteiger partial charge in [-0.1, -0.05) is 12.1 Å². The van der Waals surface area contributed by atoms with Crippen molar-refractivity contribution in [1.82, 2.24) is 9.97 Å². The molecule has 0 aliphatic heterocycles. The van der Waals surface area contributed by atoms with Crippen molar-refractivity contribution in [2.24, 2.45) is 0 Å². The number of benzene rings is 2. The van der Waals surface area contributed by atoms with Gasteiger partial charge in [-0.05, 0) is 48.0 Å². The summed E-state index contributed by atoms with van der Waals surface area (Å²) in [5.74, 6) is 0.913. The molecule has 28 heavy (non-hydrogen) atoms. The molecule has 0 spiro atoms. The number of carbonyl (C=O) groups excluding carboxylic acids is 1. The van der Waals surface area contributed by atoms with Crippen molar-refractivity contribution in [1.29, 1.82) is 0 Å². The minimum Gasteiger partial charge on any atom is -0.497 e. The minimum atomic E-state index is -0.285. The molecular weight excluding hydrogens is 354 g/mol. The molecule has 2 N–H and O–H groups in total. The molecule has 0 fully saturated rings. The van der Waals surface area contributed by atoms with Gasteiger partial charge in [0.25, 0.3) is 5.91 Å². The lowest BCUT2D eigenvalue weighted by atomic mass is 10.2. The Balaban J connectivity index is 1.62. The minimum absolute atomic E-state index is 0.285. The Morgan fingerprint density at radius 1 is 1.04 bits per heavy atom. The van der Waals surface area contributed by atoms with Gasteiger partial charge >= 0.3 is 0 Å². The van der Waals surface area contributed by atoms with Crippen LogP contribution >= 0.6 is 0 Å². The molecule has 0 saturated heterocycles. The van der Waals surface area contributed by atoms with Gasteiger partial charge in [0.1, 0.15) is 11.4 Å². The molecule has 144 valence electrons. The van der Waals surface area contributed by atoms with Crippen LogP contribution in [-0.4, -0.2) is 37.1 Å². The molecule has 0 atom stereocenters. The van der Waals surface area contributed by atoms with Crippen molar-refractivity contribution >= 4 is 23.2 Å². The number of amides is 1. The van der Waals surface area contributed by atoms with E-state index in [1.165, 1.54) is 0 Å². The van der Waals surface area contributed by atoms with Gasteiger partial charge in [0, 0.05) is 38.2 Å². The topological polar surface area (TPSA) is 79.4 Å². The summed E-state index contributed by atoms with van der Waals surface area (Å²) in [5.41, 5.74) is 3.12. The molecule has 2 aromatic carbocycles. The number of nitrogens with zero attached hydrogens (tertiary/aromatic N) is 3. The van der Waals surface area contributed by atoms with Crippen LogP contribution in [0.25, 0.3) is 0 Å². The Morgan fingerprint density at radius 3 is 2.39 bits per heavy atom. The molecule has 3 aromatic rings. The van der Waals surface area contributed by atoms with E-state index in [4.69, 9.17) is 4.74 Å². The highest BCUT2D eigenvalue weighted by Gasteiger charge is 2.09. The van der Waals surface area contributed by atoms with E-state index in [1.54, 1.807) is 19.4 Å². The molecule has 1 aromatic heterocycles. The van der Waals surface area contributed by atoms with Crippen molar-refractivity contribution in [3.63, 3.8) is 0 Å². The summed E-state index contributed by atoms with van der Waals surface area (Å²) in [4.78, 5) is 22.9. The molecule has 7 nitrogen and oxygen atoms in total. The third-order valence-corrected chi connectivity index (χ3v) is 4.14. The van der Waals surface area contributed by atoms with E-state index in [0.29, 0.717) is 23.9 Å². The summed E-state index contributed by atoms with van der Waals surface area (Å²) in [5, 5.41) is 5.98. The van der Waals surface area contributed by atoms with Gasteiger partial charge in [0.05, 0.1) is 7.11 Å². The Bertz CT molecular complexity index is 924. The van der Waals surface area contributed by atoms with E-state index in [2.05, 4.69) is 20.6 Å². The van der Waals surface area contributed by atoms with E-state index < -0.39 is 0 Å². The standard InChI is InChI=1S/C21H23N5O2/c1-26(2)17-8-6-16(7-9-17)24-20(27)19-12-13-22-21(25-19)23-14-15-4-10-18(28-3)11-5-15/h4-13H,14H2,1-3H3,(H,24,27)(H,22,23,25). The van der Waals surface area contributed by atoms with Crippen LogP contribution in [0.15, 0.2) is 60.8 Å². The van der Waals surface area contributed by atoms with Crippen molar-refractivity contribution in [3.05, 3.63) is 72.1 Å². The van der Waals surface area contributed by atoms with E-state index in [0.717, 1.165) is 17.0 Å². The predicted molar refractivity (Wildman–Crippen MR) is 111 cm³/mol.